The van der Waals surface area contributed by atoms with Crippen LogP contribution in [0.4, 0.5) is 11.4 Å². The molecule has 0 aromatic heterocycles. The summed E-state index contributed by atoms with van der Waals surface area (Å²) in [6.45, 7) is 1.30. The zero-order valence-corrected chi connectivity index (χ0v) is 16.8. The Balaban J connectivity index is 1.31. The van der Waals surface area contributed by atoms with Crippen LogP contribution in [0.3, 0.4) is 0 Å². The average molecular weight is 416 g/mol. The molecule has 5 rings (SSSR count). The first-order valence-electron chi connectivity index (χ1n) is 10.2. The van der Waals surface area contributed by atoms with Crippen LogP contribution in [0.1, 0.15) is 23.7 Å². The molecule has 1 saturated carbocycles. The number of carbonyl (C=O) groups excluding carboxylic acids is 4. The summed E-state index contributed by atoms with van der Waals surface area (Å²) in [5.41, 5.74) is 1.34. The van der Waals surface area contributed by atoms with Gasteiger partial charge in [0.1, 0.15) is 5.75 Å². The Bertz CT molecular complexity index is 1110. The van der Waals surface area contributed by atoms with E-state index < -0.39 is 5.97 Å². The molecular weight excluding hydrogens is 396 g/mol. The molecule has 3 aliphatic rings. The first-order valence-corrected chi connectivity index (χ1v) is 10.2. The van der Waals surface area contributed by atoms with Crippen molar-refractivity contribution in [2.75, 3.05) is 10.2 Å². The van der Waals surface area contributed by atoms with Gasteiger partial charge in [-0.05, 0) is 54.7 Å². The maximum atomic E-state index is 12.9. The number of benzene rings is 2. The standard InChI is InChI=1S/C24H20N2O5/c1-13(27)31-19-4-2-3-17(12-19)25-22(28)14-7-9-18(10-8-14)26-23(29)20-15-5-6-16(11-15)21(20)24(26)30/h2-10,12,15-16,20-21H,11H2,1H3,(H,25,28). The number of amides is 3. The molecule has 0 spiro atoms. The number of imide groups is 1. The second-order valence-electron chi connectivity index (χ2n) is 8.13. The zero-order valence-electron chi connectivity index (χ0n) is 16.8. The van der Waals surface area contributed by atoms with Crippen molar-refractivity contribution in [3.05, 3.63) is 66.2 Å². The van der Waals surface area contributed by atoms with Crippen molar-refractivity contribution in [3.63, 3.8) is 0 Å². The number of rotatable bonds is 4. The van der Waals surface area contributed by atoms with E-state index in [2.05, 4.69) is 17.5 Å². The number of ether oxygens (including phenoxy) is 1. The van der Waals surface area contributed by atoms with E-state index in [1.807, 2.05) is 0 Å². The average Bonchev–Trinajstić information content (AvgIpc) is 3.42. The van der Waals surface area contributed by atoms with Gasteiger partial charge < -0.3 is 10.1 Å². The number of hydrogen-bond donors (Lipinski definition) is 1. The quantitative estimate of drug-likeness (QED) is 0.358. The molecule has 0 radical (unpaired) electrons. The summed E-state index contributed by atoms with van der Waals surface area (Å²) >= 11 is 0. The van der Waals surface area contributed by atoms with Crippen LogP contribution in [0.5, 0.6) is 5.75 Å². The van der Waals surface area contributed by atoms with Gasteiger partial charge in [0.05, 0.1) is 17.5 Å². The Kier molecular flexibility index (Phi) is 4.46. The Labute approximate surface area is 178 Å². The molecule has 2 aliphatic carbocycles. The van der Waals surface area contributed by atoms with Crippen molar-refractivity contribution < 1.29 is 23.9 Å². The van der Waals surface area contributed by atoms with E-state index in [1.54, 1.807) is 48.5 Å². The number of esters is 1. The van der Waals surface area contributed by atoms with Gasteiger partial charge in [0.25, 0.3) is 5.91 Å². The molecule has 4 atom stereocenters. The molecule has 3 amide bonds. The fourth-order valence-corrected chi connectivity index (χ4v) is 4.93. The number of nitrogens with zero attached hydrogens (tertiary/aromatic N) is 1. The minimum absolute atomic E-state index is 0.147. The van der Waals surface area contributed by atoms with Gasteiger partial charge in [0, 0.05) is 24.2 Å². The summed E-state index contributed by atoms with van der Waals surface area (Å²) in [6, 6.07) is 12.9. The summed E-state index contributed by atoms with van der Waals surface area (Å²) < 4.78 is 5.02. The Hall–Kier alpha value is -3.74. The normalized spacial score (nSPS) is 25.6. The molecule has 156 valence electrons. The van der Waals surface area contributed by atoms with Crippen LogP contribution >= 0.6 is 0 Å². The highest BCUT2D eigenvalue weighted by Crippen LogP contribution is 2.53. The third-order valence-corrected chi connectivity index (χ3v) is 6.21. The van der Waals surface area contributed by atoms with Gasteiger partial charge in [-0.15, -0.1) is 0 Å². The number of carbonyl (C=O) groups is 4. The van der Waals surface area contributed by atoms with Crippen molar-refractivity contribution in [3.8, 4) is 5.75 Å². The summed E-state index contributed by atoms with van der Waals surface area (Å²) in [5.74, 6) is -0.959. The fraction of sp³-hybridized carbons (Fsp3) is 0.250. The van der Waals surface area contributed by atoms with E-state index >= 15 is 0 Å². The van der Waals surface area contributed by atoms with Crippen molar-refractivity contribution in [1.82, 2.24) is 0 Å². The first-order chi connectivity index (χ1) is 14.9. The maximum absolute atomic E-state index is 12.9. The van der Waals surface area contributed by atoms with E-state index in [-0.39, 0.29) is 41.4 Å². The molecule has 2 bridgehead atoms. The Morgan fingerprint density at radius 1 is 0.968 bits per heavy atom. The number of hydrogen-bond acceptors (Lipinski definition) is 5. The predicted octanol–water partition coefficient (Wildman–Crippen LogP) is 3.18. The number of allylic oxidation sites excluding steroid dienone is 2. The van der Waals surface area contributed by atoms with Crippen LogP contribution in [0, 0.1) is 23.7 Å². The van der Waals surface area contributed by atoms with Crippen molar-refractivity contribution >= 4 is 35.1 Å². The summed E-state index contributed by atoms with van der Waals surface area (Å²) in [4.78, 5) is 50.8. The van der Waals surface area contributed by atoms with Crippen LogP contribution in [-0.4, -0.2) is 23.7 Å². The smallest absolute Gasteiger partial charge is 0.308 e. The topological polar surface area (TPSA) is 92.8 Å². The number of anilines is 2. The van der Waals surface area contributed by atoms with Gasteiger partial charge in [-0.25, -0.2) is 0 Å². The van der Waals surface area contributed by atoms with E-state index in [4.69, 9.17) is 4.74 Å². The second-order valence-corrected chi connectivity index (χ2v) is 8.13. The van der Waals surface area contributed by atoms with Crippen molar-refractivity contribution in [2.24, 2.45) is 23.7 Å². The summed E-state index contributed by atoms with van der Waals surface area (Å²) in [5, 5.41) is 2.74. The summed E-state index contributed by atoms with van der Waals surface area (Å²) in [6.07, 6.45) is 5.01. The highest BCUT2D eigenvalue weighted by atomic mass is 16.5. The molecule has 1 N–H and O–H groups in total. The second kappa shape index (κ2) is 7.19. The molecule has 4 unspecified atom stereocenters. The maximum Gasteiger partial charge on any atom is 0.308 e. The van der Waals surface area contributed by atoms with E-state index in [0.717, 1.165) is 6.42 Å². The molecule has 2 fully saturated rings. The summed E-state index contributed by atoms with van der Waals surface area (Å²) in [7, 11) is 0. The van der Waals surface area contributed by atoms with Crippen molar-refractivity contribution in [1.29, 1.82) is 0 Å². The molecule has 1 saturated heterocycles. The van der Waals surface area contributed by atoms with Crippen LogP contribution in [-0.2, 0) is 14.4 Å². The monoisotopic (exact) mass is 416 g/mol. The molecule has 2 aromatic rings. The van der Waals surface area contributed by atoms with Crippen LogP contribution < -0.4 is 15.0 Å². The Morgan fingerprint density at radius 3 is 2.23 bits per heavy atom. The van der Waals surface area contributed by atoms with E-state index in [9.17, 15) is 19.2 Å². The third kappa shape index (κ3) is 3.22. The van der Waals surface area contributed by atoms with Gasteiger partial charge >= 0.3 is 5.97 Å². The SMILES string of the molecule is CC(=O)Oc1cccc(NC(=O)c2ccc(N3C(=O)C4C5C=CC(C5)C4C3=O)cc2)c1. The minimum atomic E-state index is -0.446. The lowest BCUT2D eigenvalue weighted by Crippen LogP contribution is -2.32. The third-order valence-electron chi connectivity index (χ3n) is 6.21. The molecule has 1 aliphatic heterocycles. The molecule has 2 aromatic carbocycles. The van der Waals surface area contributed by atoms with Gasteiger partial charge in [-0.3, -0.25) is 24.1 Å². The number of nitrogens with one attached hydrogen (secondary N) is 1. The molecule has 7 heteroatoms. The highest BCUT2D eigenvalue weighted by molar-refractivity contribution is 6.23. The first kappa shape index (κ1) is 19.2. The van der Waals surface area contributed by atoms with Gasteiger partial charge in [-0.1, -0.05) is 18.2 Å². The predicted molar refractivity (Wildman–Crippen MR) is 112 cm³/mol. The largest absolute Gasteiger partial charge is 0.427 e. The fourth-order valence-electron chi connectivity index (χ4n) is 4.93. The molecular formula is C24H20N2O5. The van der Waals surface area contributed by atoms with E-state index in [0.29, 0.717) is 22.7 Å². The molecule has 7 nitrogen and oxygen atoms in total. The molecule has 1 heterocycles. The Morgan fingerprint density at radius 2 is 1.61 bits per heavy atom. The minimum Gasteiger partial charge on any atom is -0.427 e. The van der Waals surface area contributed by atoms with Crippen molar-refractivity contribution in [2.45, 2.75) is 13.3 Å². The van der Waals surface area contributed by atoms with Crippen LogP contribution in [0.2, 0.25) is 0 Å². The van der Waals surface area contributed by atoms with Gasteiger partial charge in [-0.2, -0.15) is 0 Å². The van der Waals surface area contributed by atoms with Gasteiger partial charge in [0.15, 0.2) is 0 Å². The van der Waals surface area contributed by atoms with Gasteiger partial charge in [0.2, 0.25) is 11.8 Å². The number of fused-ring (bicyclic) bond motifs is 5. The lowest BCUT2D eigenvalue weighted by molar-refractivity contribution is -0.132. The van der Waals surface area contributed by atoms with Crippen LogP contribution in [0.15, 0.2) is 60.7 Å². The lowest BCUT2D eigenvalue weighted by Gasteiger charge is -2.17. The lowest BCUT2D eigenvalue weighted by atomic mass is 9.85. The van der Waals surface area contributed by atoms with Crippen LogP contribution in [0.25, 0.3) is 0 Å². The van der Waals surface area contributed by atoms with E-state index in [1.165, 1.54) is 11.8 Å². The molecule has 31 heavy (non-hydrogen) atoms. The highest BCUT2D eigenvalue weighted by Gasteiger charge is 2.59. The zero-order chi connectivity index (χ0) is 21.7.